The molecule has 0 aromatic heterocycles. The van der Waals surface area contributed by atoms with E-state index in [0.717, 1.165) is 12.5 Å². The highest BCUT2D eigenvalue weighted by molar-refractivity contribution is 6.86. The average molecular weight is 399 g/mol. The molecule has 0 amide bonds. The maximum absolute atomic E-state index is 6.45. The minimum atomic E-state index is -2.13. The molecule has 2 atom stereocenters. The molecule has 2 unspecified atom stereocenters. The average Bonchev–Trinajstić information content (AvgIpc) is 2.06. The first-order chi connectivity index (χ1) is 9.58. The molecule has 0 fully saturated rings. The largest absolute Gasteiger partial charge is 0.437 e. The maximum atomic E-state index is 6.45. The monoisotopic (exact) mass is 398 g/mol. The molecule has 0 aliphatic carbocycles. The Hall–Kier alpha value is 0.924. The molecule has 0 heterocycles. The number of rotatable bonds is 10. The molecule has 0 aliphatic rings. The molecule has 0 radical (unpaired) electrons. The Labute approximate surface area is 144 Å². The van der Waals surface area contributed by atoms with Crippen molar-refractivity contribution in [3.05, 3.63) is 0 Å². The van der Waals surface area contributed by atoms with Crippen LogP contribution in [0, 0.1) is 0 Å². The van der Waals surface area contributed by atoms with Crippen LogP contribution in [-0.4, -0.2) is 43.0 Å². The summed E-state index contributed by atoms with van der Waals surface area (Å²) in [6.07, 6.45) is 1.10. The van der Waals surface area contributed by atoms with Gasteiger partial charge in [0.15, 0.2) is 16.6 Å². The predicted molar refractivity (Wildman–Crippen MR) is 108 cm³/mol. The predicted octanol–water partition coefficient (Wildman–Crippen LogP) is 4.76. The highest BCUT2D eigenvalue weighted by Gasteiger charge is 2.40. The third-order valence-electron chi connectivity index (χ3n) is 2.64. The molecule has 0 aromatic carbocycles. The van der Waals surface area contributed by atoms with Crippen LogP contribution in [0.5, 0.6) is 0 Å². The van der Waals surface area contributed by atoms with Crippen molar-refractivity contribution >= 4 is 43.0 Å². The molecule has 0 rings (SSSR count). The molecule has 0 spiro atoms. The van der Waals surface area contributed by atoms with Crippen LogP contribution in [0.25, 0.3) is 0 Å². The van der Waals surface area contributed by atoms with E-state index in [2.05, 4.69) is 72.4 Å². The second kappa shape index (κ2) is 8.34. The lowest BCUT2D eigenvalue weighted by atomic mass is 10.6. The first-order valence-corrected chi connectivity index (χ1v) is 22.6. The van der Waals surface area contributed by atoms with Crippen LogP contribution in [0.2, 0.25) is 71.5 Å². The molecule has 0 aliphatic heterocycles. The summed E-state index contributed by atoms with van der Waals surface area (Å²) in [5, 5.41) is 0. The van der Waals surface area contributed by atoms with Gasteiger partial charge in [-0.1, -0.05) is 13.3 Å². The van der Waals surface area contributed by atoms with Crippen LogP contribution in [0.15, 0.2) is 0 Å². The summed E-state index contributed by atoms with van der Waals surface area (Å²) in [7, 11) is -9.17. The second-order valence-electron chi connectivity index (χ2n) is 8.52. The fourth-order valence-corrected chi connectivity index (χ4v) is 23.5. The molecule has 0 aromatic rings. The summed E-state index contributed by atoms with van der Waals surface area (Å²) < 4.78 is 25.5. The molecular formula is C13H38O4Si5. The number of hydrogen-bond donors (Lipinski definition) is 0. The molecular weight excluding hydrogens is 361 g/mol. The van der Waals surface area contributed by atoms with Gasteiger partial charge in [0, 0.05) is 0 Å². The van der Waals surface area contributed by atoms with Gasteiger partial charge in [-0.3, -0.25) is 0 Å². The summed E-state index contributed by atoms with van der Waals surface area (Å²) in [5.74, 6) is 0. The second-order valence-corrected chi connectivity index (χ2v) is 27.2. The maximum Gasteiger partial charge on any atom is 0.315 e. The third kappa shape index (κ3) is 11.5. The SMILES string of the molecule is CCC[Si](C)(O[SiH](C)O[Si](C)(C)O[Si](C)(C)C)O[Si](C)(C)C. The lowest BCUT2D eigenvalue weighted by Crippen LogP contribution is -2.54. The van der Waals surface area contributed by atoms with Crippen LogP contribution >= 0.6 is 0 Å². The van der Waals surface area contributed by atoms with E-state index in [-0.39, 0.29) is 0 Å². The molecule has 4 nitrogen and oxygen atoms in total. The lowest BCUT2D eigenvalue weighted by molar-refractivity contribution is 0.314. The standard InChI is InChI=1S/C13H38O4Si5/c1-12-13-22(11,17-20(6,7)8)15-18(2)14-21(9,10)16-19(3,4)5/h18H,12-13H2,1-11H3. The van der Waals surface area contributed by atoms with Gasteiger partial charge >= 0.3 is 26.4 Å². The van der Waals surface area contributed by atoms with E-state index in [1.165, 1.54) is 0 Å². The van der Waals surface area contributed by atoms with Crippen molar-refractivity contribution in [2.75, 3.05) is 0 Å². The van der Waals surface area contributed by atoms with E-state index in [1.54, 1.807) is 0 Å². The molecule has 134 valence electrons. The summed E-state index contributed by atoms with van der Waals surface area (Å²) in [6.45, 7) is 24.1. The Balaban J connectivity index is 4.80. The first-order valence-electron chi connectivity index (χ1n) is 8.33. The van der Waals surface area contributed by atoms with E-state index >= 15 is 0 Å². The summed E-state index contributed by atoms with van der Waals surface area (Å²) in [5.41, 5.74) is 0. The van der Waals surface area contributed by atoms with Crippen molar-refractivity contribution in [2.45, 2.75) is 84.9 Å². The highest BCUT2D eigenvalue weighted by atomic mass is 28.5. The van der Waals surface area contributed by atoms with Crippen LogP contribution in [-0.2, 0) is 16.5 Å². The zero-order chi connectivity index (χ0) is 17.8. The zero-order valence-corrected chi connectivity index (χ0v) is 21.8. The zero-order valence-electron chi connectivity index (χ0n) is 16.6. The molecule has 0 bridgehead atoms. The molecule has 0 saturated carbocycles. The Morgan fingerprint density at radius 2 is 1.18 bits per heavy atom. The van der Waals surface area contributed by atoms with E-state index in [1.807, 2.05) is 0 Å². The van der Waals surface area contributed by atoms with Gasteiger partial charge in [-0.15, -0.1) is 0 Å². The van der Waals surface area contributed by atoms with Gasteiger partial charge in [0.2, 0.25) is 0 Å². The van der Waals surface area contributed by atoms with E-state index in [9.17, 15) is 0 Å². The Kier molecular flexibility index (Phi) is 8.69. The lowest BCUT2D eigenvalue weighted by Gasteiger charge is -2.38. The Morgan fingerprint density at radius 1 is 0.727 bits per heavy atom. The highest BCUT2D eigenvalue weighted by Crippen LogP contribution is 2.24. The summed E-state index contributed by atoms with van der Waals surface area (Å²) >= 11 is 0. The molecule has 22 heavy (non-hydrogen) atoms. The molecule has 9 heteroatoms. The van der Waals surface area contributed by atoms with Crippen molar-refractivity contribution in [1.29, 1.82) is 0 Å². The molecule has 0 saturated heterocycles. The van der Waals surface area contributed by atoms with Crippen molar-refractivity contribution in [3.63, 3.8) is 0 Å². The minimum absolute atomic E-state index is 1.04. The molecule has 0 N–H and O–H groups in total. The minimum Gasteiger partial charge on any atom is -0.437 e. The normalized spacial score (nSPS) is 18.1. The summed E-state index contributed by atoms with van der Waals surface area (Å²) in [6, 6.07) is 1.04. The van der Waals surface area contributed by atoms with Gasteiger partial charge in [0.05, 0.1) is 0 Å². The van der Waals surface area contributed by atoms with Crippen molar-refractivity contribution in [3.8, 4) is 0 Å². The van der Waals surface area contributed by atoms with Crippen LogP contribution in [0.3, 0.4) is 0 Å². The fourth-order valence-electron chi connectivity index (χ4n) is 2.77. The van der Waals surface area contributed by atoms with Crippen molar-refractivity contribution in [2.24, 2.45) is 0 Å². The fraction of sp³-hybridized carbons (Fsp3) is 1.00. The smallest absolute Gasteiger partial charge is 0.315 e. The van der Waals surface area contributed by atoms with Gasteiger partial charge < -0.3 is 16.5 Å². The van der Waals surface area contributed by atoms with Crippen LogP contribution in [0.4, 0.5) is 0 Å². The Bertz CT molecular complexity index is 340. The first kappa shape index (κ1) is 22.9. The quantitative estimate of drug-likeness (QED) is 0.497. The summed E-state index contributed by atoms with van der Waals surface area (Å²) in [4.78, 5) is 0. The third-order valence-corrected chi connectivity index (χ3v) is 19.6. The Morgan fingerprint density at radius 3 is 1.55 bits per heavy atom. The van der Waals surface area contributed by atoms with Gasteiger partial charge in [0.25, 0.3) is 0 Å². The topological polar surface area (TPSA) is 36.9 Å². The van der Waals surface area contributed by atoms with Gasteiger partial charge in [-0.2, -0.15) is 0 Å². The van der Waals surface area contributed by atoms with E-state index in [0.29, 0.717) is 0 Å². The van der Waals surface area contributed by atoms with Gasteiger partial charge in [0.1, 0.15) is 0 Å². The van der Waals surface area contributed by atoms with Crippen LogP contribution < -0.4 is 0 Å². The van der Waals surface area contributed by atoms with Crippen LogP contribution in [0.1, 0.15) is 13.3 Å². The van der Waals surface area contributed by atoms with Crippen molar-refractivity contribution in [1.82, 2.24) is 0 Å². The van der Waals surface area contributed by atoms with E-state index in [4.69, 9.17) is 16.5 Å². The van der Waals surface area contributed by atoms with E-state index < -0.39 is 43.0 Å². The number of hydrogen-bond acceptors (Lipinski definition) is 4. The van der Waals surface area contributed by atoms with Crippen molar-refractivity contribution < 1.29 is 16.5 Å². The van der Waals surface area contributed by atoms with Gasteiger partial charge in [-0.05, 0) is 71.5 Å². The van der Waals surface area contributed by atoms with Gasteiger partial charge in [-0.25, -0.2) is 0 Å².